The van der Waals surface area contributed by atoms with E-state index < -0.39 is 34.1 Å². The van der Waals surface area contributed by atoms with Gasteiger partial charge in [0, 0.05) is 18.2 Å². The maximum Gasteiger partial charge on any atom is 0.244 e. The number of carbonyl (C=O) groups is 2. The van der Waals surface area contributed by atoms with Crippen LogP contribution < -0.4 is 23.8 Å². The van der Waals surface area contributed by atoms with Gasteiger partial charge in [0.2, 0.25) is 21.8 Å². The lowest BCUT2D eigenvalue weighted by Crippen LogP contribution is -2.55. The molecule has 1 aliphatic heterocycles. The average molecular weight is 548 g/mol. The first-order valence-electron chi connectivity index (χ1n) is 12.4. The molecule has 2 amide bonds. The Labute approximate surface area is 224 Å². The first-order valence-corrected chi connectivity index (χ1v) is 14.3. The van der Waals surface area contributed by atoms with E-state index in [1.165, 1.54) is 4.90 Å². The number of nitrogens with one attached hydrogen (secondary N) is 1. The average Bonchev–Trinajstić information content (AvgIpc) is 2.85. The summed E-state index contributed by atoms with van der Waals surface area (Å²) in [6.07, 6.45) is 1.38. The Morgan fingerprint density at radius 1 is 1.05 bits per heavy atom. The fourth-order valence-corrected chi connectivity index (χ4v) is 4.94. The van der Waals surface area contributed by atoms with Crippen molar-refractivity contribution in [2.24, 2.45) is 0 Å². The second-order valence-electron chi connectivity index (χ2n) is 10.1. The highest BCUT2D eigenvalue weighted by atomic mass is 32.2. The summed E-state index contributed by atoms with van der Waals surface area (Å²) in [6, 6.07) is 11.1. The summed E-state index contributed by atoms with van der Waals surface area (Å²) >= 11 is 0. The molecule has 3 rings (SSSR count). The number of anilines is 1. The quantitative estimate of drug-likeness (QED) is 0.486. The van der Waals surface area contributed by atoms with E-state index in [-0.39, 0.29) is 18.1 Å². The Morgan fingerprint density at radius 3 is 2.24 bits per heavy atom. The molecule has 0 fully saturated rings. The molecule has 0 aromatic heterocycles. The largest absolute Gasteiger partial charge is 0.497 e. The molecule has 208 valence electrons. The zero-order valence-electron chi connectivity index (χ0n) is 22.8. The molecule has 1 heterocycles. The van der Waals surface area contributed by atoms with E-state index in [0.717, 1.165) is 16.1 Å². The molecule has 0 bridgehead atoms. The molecule has 0 spiro atoms. The van der Waals surface area contributed by atoms with Crippen molar-refractivity contribution in [2.75, 3.05) is 37.4 Å². The van der Waals surface area contributed by atoms with E-state index in [1.54, 1.807) is 37.4 Å². The van der Waals surface area contributed by atoms with Crippen molar-refractivity contribution in [2.45, 2.75) is 52.2 Å². The molecule has 11 heteroatoms. The minimum atomic E-state index is -3.86. The van der Waals surface area contributed by atoms with E-state index in [9.17, 15) is 18.0 Å². The number of nitrogens with zero attached hydrogens (tertiary/aromatic N) is 2. The summed E-state index contributed by atoms with van der Waals surface area (Å²) in [4.78, 5) is 28.5. The number of benzene rings is 2. The van der Waals surface area contributed by atoms with E-state index in [2.05, 4.69) is 5.32 Å². The van der Waals surface area contributed by atoms with Crippen LogP contribution >= 0.6 is 0 Å². The molecule has 38 heavy (non-hydrogen) atoms. The van der Waals surface area contributed by atoms with Crippen molar-refractivity contribution in [3.63, 3.8) is 0 Å². The standard InChI is InChI=1S/C27H37N3O7S/c1-7-22(26(32)28-27(2,3)4)29(17-19-8-11-21(35-5)12-9-19)25(31)18-30(38(6,33)34)20-10-13-23-24(16-20)37-15-14-36-23/h8-13,16,22H,7,14-15,17-18H2,1-6H3,(H,28,32)/t22-/m0/s1. The second kappa shape index (κ2) is 11.9. The molecule has 0 unspecified atom stereocenters. The minimum absolute atomic E-state index is 0.109. The van der Waals surface area contributed by atoms with E-state index in [1.807, 2.05) is 39.8 Å². The van der Waals surface area contributed by atoms with Gasteiger partial charge in [-0.15, -0.1) is 0 Å². The fourth-order valence-electron chi connectivity index (χ4n) is 4.10. The van der Waals surface area contributed by atoms with Crippen LogP contribution in [-0.2, 0) is 26.2 Å². The van der Waals surface area contributed by atoms with Crippen molar-refractivity contribution in [3.8, 4) is 17.2 Å². The van der Waals surface area contributed by atoms with Crippen LogP contribution in [0.1, 0.15) is 39.7 Å². The van der Waals surface area contributed by atoms with Gasteiger partial charge in [0.05, 0.1) is 19.1 Å². The van der Waals surface area contributed by atoms with Gasteiger partial charge in [0.15, 0.2) is 11.5 Å². The molecular weight excluding hydrogens is 510 g/mol. The molecule has 2 aromatic rings. The van der Waals surface area contributed by atoms with E-state index in [4.69, 9.17) is 14.2 Å². The fraction of sp³-hybridized carbons (Fsp3) is 0.481. The molecular formula is C27H37N3O7S. The van der Waals surface area contributed by atoms with E-state index in [0.29, 0.717) is 36.9 Å². The van der Waals surface area contributed by atoms with Crippen LogP contribution in [0.5, 0.6) is 17.2 Å². The van der Waals surface area contributed by atoms with Gasteiger partial charge in [0.1, 0.15) is 31.5 Å². The summed E-state index contributed by atoms with van der Waals surface area (Å²) in [5.74, 6) is 0.738. The van der Waals surface area contributed by atoms with Crippen LogP contribution in [0, 0.1) is 0 Å². The molecule has 0 radical (unpaired) electrons. The lowest BCUT2D eigenvalue weighted by Gasteiger charge is -2.34. The van der Waals surface area contributed by atoms with Gasteiger partial charge in [-0.25, -0.2) is 8.42 Å². The highest BCUT2D eigenvalue weighted by Crippen LogP contribution is 2.34. The smallest absolute Gasteiger partial charge is 0.244 e. The maximum absolute atomic E-state index is 13.8. The summed E-state index contributed by atoms with van der Waals surface area (Å²) in [6.45, 7) is 7.75. The predicted octanol–water partition coefficient (Wildman–Crippen LogP) is 2.95. The van der Waals surface area contributed by atoms with Gasteiger partial charge in [-0.2, -0.15) is 0 Å². The molecule has 0 aliphatic carbocycles. The Kier molecular flexibility index (Phi) is 9.14. The van der Waals surface area contributed by atoms with Crippen molar-refractivity contribution >= 4 is 27.5 Å². The Morgan fingerprint density at radius 2 is 1.68 bits per heavy atom. The first kappa shape index (κ1) is 29.1. The van der Waals surface area contributed by atoms with Gasteiger partial charge in [-0.05, 0) is 57.0 Å². The number of carbonyl (C=O) groups excluding carboxylic acids is 2. The number of ether oxygens (including phenoxy) is 3. The summed E-state index contributed by atoms with van der Waals surface area (Å²) in [7, 11) is -2.30. The summed E-state index contributed by atoms with van der Waals surface area (Å²) in [5, 5.41) is 2.94. The summed E-state index contributed by atoms with van der Waals surface area (Å²) in [5.41, 5.74) is 0.525. The third-order valence-electron chi connectivity index (χ3n) is 5.89. The minimum Gasteiger partial charge on any atom is -0.497 e. The van der Waals surface area contributed by atoms with Crippen LogP contribution in [0.4, 0.5) is 5.69 Å². The normalized spacial score (nSPS) is 13.8. The second-order valence-corrected chi connectivity index (χ2v) is 12.0. The summed E-state index contributed by atoms with van der Waals surface area (Å²) < 4.78 is 43.1. The van der Waals surface area contributed by atoms with Crippen LogP contribution in [0.15, 0.2) is 42.5 Å². The highest BCUT2D eigenvalue weighted by Gasteiger charge is 2.33. The molecule has 0 saturated carbocycles. The third-order valence-corrected chi connectivity index (χ3v) is 7.03. The van der Waals surface area contributed by atoms with Crippen LogP contribution in [0.25, 0.3) is 0 Å². The van der Waals surface area contributed by atoms with Crippen molar-refractivity contribution < 1.29 is 32.2 Å². The maximum atomic E-state index is 13.8. The van der Waals surface area contributed by atoms with Gasteiger partial charge in [-0.3, -0.25) is 13.9 Å². The van der Waals surface area contributed by atoms with Crippen molar-refractivity contribution in [1.29, 1.82) is 0 Å². The zero-order valence-corrected chi connectivity index (χ0v) is 23.6. The molecule has 1 N–H and O–H groups in total. The van der Waals surface area contributed by atoms with Gasteiger partial charge >= 0.3 is 0 Å². The highest BCUT2D eigenvalue weighted by molar-refractivity contribution is 7.92. The zero-order chi connectivity index (χ0) is 28.1. The number of methoxy groups -OCH3 is 1. The van der Waals surface area contributed by atoms with Crippen LogP contribution in [0.2, 0.25) is 0 Å². The number of amides is 2. The predicted molar refractivity (Wildman–Crippen MR) is 145 cm³/mol. The topological polar surface area (TPSA) is 114 Å². The number of rotatable bonds is 10. The Balaban J connectivity index is 1.96. The molecule has 0 saturated heterocycles. The first-order chi connectivity index (χ1) is 17.8. The Bertz CT molecular complexity index is 1240. The molecule has 10 nitrogen and oxygen atoms in total. The SMILES string of the molecule is CC[C@@H](C(=O)NC(C)(C)C)N(Cc1ccc(OC)cc1)C(=O)CN(c1ccc2c(c1)OCCO2)S(C)(=O)=O. The lowest BCUT2D eigenvalue weighted by molar-refractivity contribution is -0.141. The monoisotopic (exact) mass is 547 g/mol. The molecule has 1 aliphatic rings. The van der Waals surface area contributed by atoms with Gasteiger partial charge < -0.3 is 24.4 Å². The molecule has 1 atom stereocenters. The van der Waals surface area contributed by atoms with Gasteiger partial charge in [-0.1, -0.05) is 19.1 Å². The van der Waals surface area contributed by atoms with Gasteiger partial charge in [0.25, 0.3) is 0 Å². The Hall–Kier alpha value is -3.47. The van der Waals surface area contributed by atoms with Crippen LogP contribution in [-0.4, -0.2) is 69.8 Å². The van der Waals surface area contributed by atoms with Crippen molar-refractivity contribution in [1.82, 2.24) is 10.2 Å². The number of hydrogen-bond acceptors (Lipinski definition) is 7. The number of sulfonamides is 1. The number of fused-ring (bicyclic) bond motifs is 1. The lowest BCUT2D eigenvalue weighted by atomic mass is 10.1. The van der Waals surface area contributed by atoms with E-state index >= 15 is 0 Å². The van der Waals surface area contributed by atoms with Crippen LogP contribution in [0.3, 0.4) is 0 Å². The third kappa shape index (κ3) is 7.53. The molecule has 2 aromatic carbocycles. The number of hydrogen-bond donors (Lipinski definition) is 1. The van der Waals surface area contributed by atoms with Crippen molar-refractivity contribution in [3.05, 3.63) is 48.0 Å².